The van der Waals surface area contributed by atoms with E-state index in [2.05, 4.69) is 26.7 Å². The molecule has 2 heterocycles. The van der Waals surface area contributed by atoms with Crippen LogP contribution in [0.5, 0.6) is 0 Å². The SMILES string of the molecule is Clc1ccc(-c2[nH]nc3sc4ccccc4[n+]23)cc1. The average Bonchev–Trinajstić information content (AvgIpc) is 2.98. The first-order valence-corrected chi connectivity index (χ1v) is 7.06. The number of fused-ring (bicyclic) bond motifs is 3. The monoisotopic (exact) mass is 286 g/mol. The van der Waals surface area contributed by atoms with Crippen molar-refractivity contribution in [1.82, 2.24) is 10.2 Å². The molecule has 2 aromatic heterocycles. The Bertz CT molecular complexity index is 877. The molecule has 4 rings (SSSR count). The maximum Gasteiger partial charge on any atom is 0.364 e. The molecule has 0 amide bonds. The largest absolute Gasteiger partial charge is 0.364 e. The van der Waals surface area contributed by atoms with Gasteiger partial charge in [0.2, 0.25) is 0 Å². The van der Waals surface area contributed by atoms with Gasteiger partial charge >= 0.3 is 4.96 Å². The molecular formula is C14H9ClN3S+. The molecule has 0 unspecified atom stereocenters. The average molecular weight is 287 g/mol. The highest BCUT2D eigenvalue weighted by atomic mass is 35.5. The molecule has 0 saturated carbocycles. The van der Waals surface area contributed by atoms with E-state index >= 15 is 0 Å². The highest BCUT2D eigenvalue weighted by molar-refractivity contribution is 7.22. The smallest absolute Gasteiger partial charge is 0.180 e. The zero-order valence-corrected chi connectivity index (χ0v) is 11.4. The van der Waals surface area contributed by atoms with Crippen molar-refractivity contribution in [3.8, 4) is 11.4 Å². The molecule has 1 N–H and O–H groups in total. The van der Waals surface area contributed by atoms with Crippen molar-refractivity contribution < 1.29 is 4.40 Å². The van der Waals surface area contributed by atoms with Crippen molar-refractivity contribution in [2.45, 2.75) is 0 Å². The summed E-state index contributed by atoms with van der Waals surface area (Å²) < 4.78 is 3.37. The Morgan fingerprint density at radius 3 is 2.68 bits per heavy atom. The Morgan fingerprint density at radius 2 is 1.84 bits per heavy atom. The highest BCUT2D eigenvalue weighted by Crippen LogP contribution is 2.24. The number of para-hydroxylation sites is 1. The van der Waals surface area contributed by atoms with E-state index < -0.39 is 0 Å². The third-order valence-electron chi connectivity index (χ3n) is 3.10. The molecule has 0 radical (unpaired) electrons. The van der Waals surface area contributed by atoms with Gasteiger partial charge in [0.25, 0.3) is 5.82 Å². The van der Waals surface area contributed by atoms with Gasteiger partial charge in [0.05, 0.1) is 15.4 Å². The van der Waals surface area contributed by atoms with Gasteiger partial charge in [0, 0.05) is 5.02 Å². The summed E-state index contributed by atoms with van der Waals surface area (Å²) >= 11 is 7.61. The molecule has 2 aromatic carbocycles. The molecular weight excluding hydrogens is 278 g/mol. The lowest BCUT2D eigenvalue weighted by Gasteiger charge is -1.95. The second-order valence-corrected chi connectivity index (χ2v) is 5.71. The predicted molar refractivity (Wildman–Crippen MR) is 77.6 cm³/mol. The van der Waals surface area contributed by atoms with Gasteiger partial charge in [-0.1, -0.05) is 35.1 Å². The molecule has 0 spiro atoms. The van der Waals surface area contributed by atoms with E-state index in [0.717, 1.165) is 21.4 Å². The number of nitrogens with zero attached hydrogens (tertiary/aromatic N) is 2. The maximum absolute atomic E-state index is 5.93. The van der Waals surface area contributed by atoms with Gasteiger partial charge in [-0.05, 0) is 36.4 Å². The number of rotatable bonds is 1. The number of halogens is 1. The van der Waals surface area contributed by atoms with Crippen molar-refractivity contribution in [2.24, 2.45) is 0 Å². The number of aromatic amines is 1. The van der Waals surface area contributed by atoms with Gasteiger partial charge in [0.1, 0.15) is 5.52 Å². The Kier molecular flexibility index (Phi) is 2.33. The van der Waals surface area contributed by atoms with Crippen LogP contribution >= 0.6 is 22.9 Å². The minimum absolute atomic E-state index is 0.736. The van der Waals surface area contributed by atoms with Crippen LogP contribution < -0.4 is 4.40 Å². The zero-order valence-electron chi connectivity index (χ0n) is 9.80. The Labute approximate surface area is 118 Å². The van der Waals surface area contributed by atoms with Gasteiger partial charge in [-0.2, -0.15) is 4.40 Å². The van der Waals surface area contributed by atoms with Crippen LogP contribution in [0.1, 0.15) is 0 Å². The fraction of sp³-hybridized carbons (Fsp3) is 0. The molecule has 19 heavy (non-hydrogen) atoms. The maximum atomic E-state index is 5.93. The van der Waals surface area contributed by atoms with Crippen LogP contribution in [0.3, 0.4) is 0 Å². The molecule has 0 aliphatic rings. The molecule has 0 aliphatic heterocycles. The van der Waals surface area contributed by atoms with Crippen molar-refractivity contribution in [3.05, 3.63) is 53.6 Å². The summed E-state index contributed by atoms with van der Waals surface area (Å²) in [5.41, 5.74) is 2.24. The lowest BCUT2D eigenvalue weighted by Crippen LogP contribution is -2.19. The van der Waals surface area contributed by atoms with Crippen LogP contribution in [0.15, 0.2) is 48.5 Å². The Morgan fingerprint density at radius 1 is 1.05 bits per heavy atom. The Hall–Kier alpha value is -1.91. The summed E-state index contributed by atoms with van der Waals surface area (Å²) in [4.78, 5) is 0.964. The van der Waals surface area contributed by atoms with Crippen LogP contribution in [-0.2, 0) is 0 Å². The third kappa shape index (κ3) is 1.64. The summed E-state index contributed by atoms with van der Waals surface area (Å²) in [6, 6.07) is 16.1. The number of hydrogen-bond acceptors (Lipinski definition) is 2. The highest BCUT2D eigenvalue weighted by Gasteiger charge is 2.20. The number of H-pyrrole nitrogens is 1. The summed E-state index contributed by atoms with van der Waals surface area (Å²) in [7, 11) is 0. The van der Waals surface area contributed by atoms with Gasteiger partial charge < -0.3 is 0 Å². The number of thiazole rings is 1. The van der Waals surface area contributed by atoms with E-state index in [4.69, 9.17) is 11.6 Å². The lowest BCUT2D eigenvalue weighted by molar-refractivity contribution is -0.464. The van der Waals surface area contributed by atoms with Gasteiger partial charge in [-0.25, -0.2) is 0 Å². The van der Waals surface area contributed by atoms with Crippen LogP contribution in [0.2, 0.25) is 5.02 Å². The minimum Gasteiger partial charge on any atom is -0.180 e. The fourth-order valence-corrected chi connectivity index (χ4v) is 3.32. The lowest BCUT2D eigenvalue weighted by atomic mass is 10.2. The second-order valence-electron chi connectivity index (χ2n) is 4.27. The van der Waals surface area contributed by atoms with E-state index in [1.165, 1.54) is 10.2 Å². The molecule has 0 fully saturated rings. The molecule has 4 aromatic rings. The molecule has 0 atom stereocenters. The summed E-state index contributed by atoms with van der Waals surface area (Å²) in [6.07, 6.45) is 0. The van der Waals surface area contributed by atoms with Gasteiger partial charge in [-0.3, -0.25) is 0 Å². The van der Waals surface area contributed by atoms with Gasteiger partial charge in [0.15, 0.2) is 0 Å². The predicted octanol–water partition coefficient (Wildman–Crippen LogP) is 3.68. The van der Waals surface area contributed by atoms with Crippen LogP contribution in [0.4, 0.5) is 0 Å². The fourth-order valence-electron chi connectivity index (χ4n) is 2.22. The quantitative estimate of drug-likeness (QED) is 0.532. The van der Waals surface area contributed by atoms with E-state index in [0.29, 0.717) is 0 Å². The van der Waals surface area contributed by atoms with Crippen LogP contribution in [-0.4, -0.2) is 10.2 Å². The number of aromatic nitrogens is 3. The number of nitrogens with one attached hydrogen (secondary N) is 1. The van der Waals surface area contributed by atoms with E-state index in [1.807, 2.05) is 36.4 Å². The standard InChI is InChI=1S/C14H8ClN3S/c15-10-7-5-9(6-8-10)13-16-17-14-18(13)11-3-1-2-4-12(11)19-14/h1-8H/p+1. The van der Waals surface area contributed by atoms with Gasteiger partial charge in [-0.15, -0.1) is 5.10 Å². The first-order chi connectivity index (χ1) is 9.33. The van der Waals surface area contributed by atoms with E-state index in [9.17, 15) is 0 Å². The van der Waals surface area contributed by atoms with Crippen molar-refractivity contribution >= 4 is 38.1 Å². The minimum atomic E-state index is 0.736. The van der Waals surface area contributed by atoms with E-state index in [1.54, 1.807) is 11.3 Å². The first-order valence-electron chi connectivity index (χ1n) is 5.86. The molecule has 0 bridgehead atoms. The van der Waals surface area contributed by atoms with Crippen molar-refractivity contribution in [1.29, 1.82) is 0 Å². The Balaban J connectivity index is 2.06. The first kappa shape index (κ1) is 11.0. The van der Waals surface area contributed by atoms with Crippen LogP contribution in [0, 0.1) is 0 Å². The second kappa shape index (κ2) is 4.05. The summed E-state index contributed by atoms with van der Waals surface area (Å²) in [5.74, 6) is 0.976. The summed E-state index contributed by atoms with van der Waals surface area (Å²) in [5, 5.41) is 8.22. The number of hydrogen-bond donors (Lipinski definition) is 1. The molecule has 3 nitrogen and oxygen atoms in total. The number of benzene rings is 2. The molecule has 92 valence electrons. The summed E-state index contributed by atoms with van der Waals surface area (Å²) in [6.45, 7) is 0. The molecule has 0 saturated heterocycles. The van der Waals surface area contributed by atoms with E-state index in [-0.39, 0.29) is 0 Å². The van der Waals surface area contributed by atoms with Crippen molar-refractivity contribution in [3.63, 3.8) is 0 Å². The zero-order chi connectivity index (χ0) is 12.8. The normalized spacial score (nSPS) is 11.4. The van der Waals surface area contributed by atoms with Crippen molar-refractivity contribution in [2.75, 3.05) is 0 Å². The van der Waals surface area contributed by atoms with Crippen LogP contribution in [0.25, 0.3) is 26.6 Å². The molecule has 5 heteroatoms. The topological polar surface area (TPSA) is 32.8 Å². The molecule has 0 aliphatic carbocycles. The third-order valence-corrected chi connectivity index (χ3v) is 4.37.